The molecule has 0 bridgehead atoms. The van der Waals surface area contributed by atoms with Gasteiger partial charge in [0.25, 0.3) is 0 Å². The molecule has 2 aliphatic rings. The van der Waals surface area contributed by atoms with Crippen LogP contribution in [0.3, 0.4) is 0 Å². The maximum absolute atomic E-state index is 5.45. The first-order chi connectivity index (χ1) is 12.3. The summed E-state index contributed by atoms with van der Waals surface area (Å²) < 4.78 is 7.31. The van der Waals surface area contributed by atoms with Crippen molar-refractivity contribution < 1.29 is 4.74 Å². The Bertz CT molecular complexity index is 669. The second-order valence-electron chi connectivity index (χ2n) is 7.02. The van der Waals surface area contributed by atoms with Crippen LogP contribution >= 0.6 is 0 Å². The molecular formula is C18H26N6O. The van der Waals surface area contributed by atoms with Gasteiger partial charge in [-0.15, -0.1) is 5.10 Å². The highest BCUT2D eigenvalue weighted by Gasteiger charge is 2.31. The summed E-state index contributed by atoms with van der Waals surface area (Å²) in [5.41, 5.74) is 1.01. The second-order valence-corrected chi connectivity index (χ2v) is 7.02. The molecule has 2 saturated heterocycles. The molecule has 0 saturated carbocycles. The highest BCUT2D eigenvalue weighted by molar-refractivity contribution is 5.30. The zero-order chi connectivity index (χ0) is 17.1. The predicted octanol–water partition coefficient (Wildman–Crippen LogP) is 1.38. The van der Waals surface area contributed by atoms with Crippen LogP contribution in [0, 0.1) is 5.92 Å². The van der Waals surface area contributed by atoms with Crippen molar-refractivity contribution in [2.45, 2.75) is 19.4 Å². The van der Waals surface area contributed by atoms with E-state index in [0.717, 1.165) is 56.8 Å². The Morgan fingerprint density at radius 2 is 1.96 bits per heavy atom. The van der Waals surface area contributed by atoms with Crippen LogP contribution in [0.2, 0.25) is 0 Å². The molecule has 0 spiro atoms. The number of benzene rings is 1. The number of tetrazole rings is 1. The molecule has 1 aromatic carbocycles. The number of likely N-dealkylation sites (tertiary alicyclic amines) is 1. The topological polar surface area (TPSA) is 59.3 Å². The molecule has 4 rings (SSSR count). The fraction of sp³-hybridized carbons (Fsp3) is 0.611. The molecule has 2 atom stereocenters. The summed E-state index contributed by atoms with van der Waals surface area (Å²) in [5.74, 6) is 1.64. The van der Waals surface area contributed by atoms with Crippen LogP contribution in [-0.2, 0) is 4.74 Å². The average molecular weight is 342 g/mol. The number of nitrogens with zero attached hydrogens (tertiary/aromatic N) is 6. The zero-order valence-corrected chi connectivity index (χ0v) is 14.8. The number of para-hydroxylation sites is 1. The molecule has 25 heavy (non-hydrogen) atoms. The number of hydrogen-bond acceptors (Lipinski definition) is 6. The molecule has 0 unspecified atom stereocenters. The van der Waals surface area contributed by atoms with Crippen molar-refractivity contribution in [1.82, 2.24) is 30.0 Å². The molecule has 2 aliphatic heterocycles. The molecule has 1 aromatic heterocycles. The lowest BCUT2D eigenvalue weighted by Gasteiger charge is -2.29. The first kappa shape index (κ1) is 16.6. The van der Waals surface area contributed by atoms with Crippen LogP contribution in [0.25, 0.3) is 5.69 Å². The molecule has 134 valence electrons. The van der Waals surface area contributed by atoms with E-state index in [1.54, 1.807) is 0 Å². The van der Waals surface area contributed by atoms with Crippen LogP contribution in [0.5, 0.6) is 0 Å². The van der Waals surface area contributed by atoms with Crippen molar-refractivity contribution in [3.63, 3.8) is 0 Å². The molecule has 7 heteroatoms. The van der Waals surface area contributed by atoms with Crippen LogP contribution in [0.4, 0.5) is 0 Å². The van der Waals surface area contributed by atoms with E-state index >= 15 is 0 Å². The fourth-order valence-corrected chi connectivity index (χ4v) is 3.88. The Morgan fingerprint density at radius 1 is 1.16 bits per heavy atom. The van der Waals surface area contributed by atoms with Gasteiger partial charge in [-0.25, -0.2) is 0 Å². The number of aromatic nitrogens is 4. The quantitative estimate of drug-likeness (QED) is 0.818. The molecule has 0 aliphatic carbocycles. The number of ether oxygens (including phenoxy) is 1. The molecule has 0 N–H and O–H groups in total. The standard InChI is InChI=1S/C18H26N6O/c1-15(18-19-20-21-24(18)17-5-3-2-4-6-17)23-8-7-16(14-23)13-22-9-11-25-12-10-22/h2-6,15-16H,7-14H2,1H3/t15-,16+/m0/s1. The SMILES string of the molecule is C[C@@H](c1nnnn1-c1ccccc1)N1CC[C@H](CN2CCOCC2)C1. The van der Waals surface area contributed by atoms with Crippen LogP contribution in [-0.4, -0.2) is 75.9 Å². The van der Waals surface area contributed by atoms with Gasteiger partial charge in [0.05, 0.1) is 24.9 Å². The summed E-state index contributed by atoms with van der Waals surface area (Å²) in [5, 5.41) is 12.4. The van der Waals surface area contributed by atoms with Gasteiger partial charge in [0.2, 0.25) is 0 Å². The van der Waals surface area contributed by atoms with E-state index in [9.17, 15) is 0 Å². The van der Waals surface area contributed by atoms with Crippen molar-refractivity contribution in [3.05, 3.63) is 36.2 Å². The second kappa shape index (κ2) is 7.59. The minimum atomic E-state index is 0.213. The van der Waals surface area contributed by atoms with Gasteiger partial charge in [-0.05, 0) is 48.4 Å². The lowest BCUT2D eigenvalue weighted by Crippen LogP contribution is -2.40. The van der Waals surface area contributed by atoms with E-state index in [1.807, 2.05) is 35.0 Å². The van der Waals surface area contributed by atoms with Gasteiger partial charge < -0.3 is 4.74 Å². The highest BCUT2D eigenvalue weighted by Crippen LogP contribution is 2.27. The van der Waals surface area contributed by atoms with Crippen LogP contribution < -0.4 is 0 Å². The minimum Gasteiger partial charge on any atom is -0.379 e. The van der Waals surface area contributed by atoms with Gasteiger partial charge in [0.1, 0.15) is 0 Å². The Morgan fingerprint density at radius 3 is 2.76 bits per heavy atom. The molecule has 0 radical (unpaired) electrons. The third-order valence-electron chi connectivity index (χ3n) is 5.35. The van der Waals surface area contributed by atoms with Crippen molar-refractivity contribution in [3.8, 4) is 5.69 Å². The van der Waals surface area contributed by atoms with E-state index in [4.69, 9.17) is 4.74 Å². The Labute approximate surface area is 148 Å². The third kappa shape index (κ3) is 3.73. The molecule has 0 amide bonds. The Hall–Kier alpha value is -1.83. The predicted molar refractivity (Wildman–Crippen MR) is 94.5 cm³/mol. The summed E-state index contributed by atoms with van der Waals surface area (Å²) in [4.78, 5) is 5.05. The van der Waals surface area contributed by atoms with Gasteiger partial charge in [0, 0.05) is 26.2 Å². The maximum Gasteiger partial charge on any atom is 0.173 e. The minimum absolute atomic E-state index is 0.213. The monoisotopic (exact) mass is 342 g/mol. The van der Waals surface area contributed by atoms with Crippen LogP contribution in [0.15, 0.2) is 30.3 Å². The van der Waals surface area contributed by atoms with Crippen molar-refractivity contribution in [2.24, 2.45) is 5.92 Å². The van der Waals surface area contributed by atoms with Gasteiger partial charge in [0.15, 0.2) is 5.82 Å². The third-order valence-corrected chi connectivity index (χ3v) is 5.35. The average Bonchev–Trinajstić information content (AvgIpc) is 3.32. The number of rotatable bonds is 5. The normalized spacial score (nSPS) is 23.8. The summed E-state index contributed by atoms with van der Waals surface area (Å²) in [6, 6.07) is 10.3. The van der Waals surface area contributed by atoms with E-state index in [1.165, 1.54) is 13.0 Å². The molecular weight excluding hydrogens is 316 g/mol. The van der Waals surface area contributed by atoms with Gasteiger partial charge in [-0.2, -0.15) is 4.68 Å². The molecule has 7 nitrogen and oxygen atoms in total. The zero-order valence-electron chi connectivity index (χ0n) is 14.8. The molecule has 2 aromatic rings. The van der Waals surface area contributed by atoms with Crippen LogP contribution in [0.1, 0.15) is 25.2 Å². The summed E-state index contributed by atoms with van der Waals surface area (Å²) in [6.45, 7) is 9.49. The van der Waals surface area contributed by atoms with Crippen molar-refractivity contribution in [2.75, 3.05) is 45.9 Å². The van der Waals surface area contributed by atoms with Gasteiger partial charge in [-0.1, -0.05) is 18.2 Å². The van der Waals surface area contributed by atoms with Gasteiger partial charge >= 0.3 is 0 Å². The van der Waals surface area contributed by atoms with E-state index < -0.39 is 0 Å². The Kier molecular flexibility index (Phi) is 5.05. The van der Waals surface area contributed by atoms with E-state index in [0.29, 0.717) is 0 Å². The summed E-state index contributed by atoms with van der Waals surface area (Å²) in [7, 11) is 0. The fourth-order valence-electron chi connectivity index (χ4n) is 3.88. The highest BCUT2D eigenvalue weighted by atomic mass is 16.5. The smallest absolute Gasteiger partial charge is 0.173 e. The van der Waals surface area contributed by atoms with E-state index in [-0.39, 0.29) is 6.04 Å². The summed E-state index contributed by atoms with van der Waals surface area (Å²) in [6.07, 6.45) is 1.24. The van der Waals surface area contributed by atoms with Crippen molar-refractivity contribution in [1.29, 1.82) is 0 Å². The first-order valence-corrected chi connectivity index (χ1v) is 9.19. The largest absolute Gasteiger partial charge is 0.379 e. The number of hydrogen-bond donors (Lipinski definition) is 0. The summed E-state index contributed by atoms with van der Waals surface area (Å²) >= 11 is 0. The van der Waals surface area contributed by atoms with Gasteiger partial charge in [-0.3, -0.25) is 9.80 Å². The molecule has 2 fully saturated rings. The van der Waals surface area contributed by atoms with Crippen molar-refractivity contribution >= 4 is 0 Å². The molecule has 3 heterocycles. The number of morpholine rings is 1. The lowest BCUT2D eigenvalue weighted by atomic mass is 10.1. The van der Waals surface area contributed by atoms with E-state index in [2.05, 4.69) is 32.2 Å². The lowest BCUT2D eigenvalue weighted by molar-refractivity contribution is 0.0309. The maximum atomic E-state index is 5.45. The Balaban J connectivity index is 1.41. The first-order valence-electron chi connectivity index (χ1n) is 9.19.